The van der Waals surface area contributed by atoms with Gasteiger partial charge in [0.05, 0.1) is 11.7 Å². The van der Waals surface area contributed by atoms with Crippen molar-refractivity contribution in [1.29, 1.82) is 0 Å². The highest BCUT2D eigenvalue weighted by Crippen LogP contribution is 2.33. The number of hydrogen-bond acceptors (Lipinski definition) is 4. The van der Waals surface area contributed by atoms with Crippen LogP contribution >= 0.6 is 11.8 Å². The van der Waals surface area contributed by atoms with Crippen molar-refractivity contribution in [2.75, 3.05) is 11.5 Å². The van der Waals surface area contributed by atoms with Gasteiger partial charge < -0.3 is 0 Å². The van der Waals surface area contributed by atoms with Crippen LogP contribution in [-0.4, -0.2) is 21.3 Å². The third-order valence-corrected chi connectivity index (χ3v) is 4.31. The molecule has 16 heavy (non-hydrogen) atoms. The van der Waals surface area contributed by atoms with Crippen molar-refractivity contribution in [2.24, 2.45) is 11.8 Å². The Kier molecular flexibility index (Phi) is 4.26. The summed E-state index contributed by atoms with van der Waals surface area (Å²) in [6.07, 6.45) is 4.22. The summed E-state index contributed by atoms with van der Waals surface area (Å²) in [4.78, 5) is 0. The van der Waals surface area contributed by atoms with E-state index >= 15 is 0 Å². The molecule has 5 heteroatoms. The molecule has 4 nitrogen and oxygen atoms in total. The number of nitrogens with zero attached hydrogens (tertiary/aromatic N) is 2. The highest BCUT2D eigenvalue weighted by Gasteiger charge is 2.27. The van der Waals surface area contributed by atoms with Crippen molar-refractivity contribution in [2.45, 2.75) is 32.4 Å². The lowest BCUT2D eigenvalue weighted by atomic mass is 9.97. The van der Waals surface area contributed by atoms with Gasteiger partial charge in [-0.3, -0.25) is 16.0 Å². The van der Waals surface area contributed by atoms with Gasteiger partial charge in [0.25, 0.3) is 0 Å². The molecule has 0 amide bonds. The van der Waals surface area contributed by atoms with Crippen LogP contribution in [0.5, 0.6) is 0 Å². The van der Waals surface area contributed by atoms with Gasteiger partial charge in [-0.05, 0) is 36.3 Å². The Bertz CT molecular complexity index is 320. The van der Waals surface area contributed by atoms with Crippen LogP contribution in [0.2, 0.25) is 0 Å². The van der Waals surface area contributed by atoms with Gasteiger partial charge in [0.2, 0.25) is 0 Å². The Morgan fingerprint density at radius 3 is 3.25 bits per heavy atom. The molecule has 0 bridgehead atoms. The molecule has 0 radical (unpaired) electrons. The average Bonchev–Trinajstić information content (AvgIpc) is 2.92. The summed E-state index contributed by atoms with van der Waals surface area (Å²) in [5, 5.41) is 4.36. The van der Waals surface area contributed by atoms with Gasteiger partial charge in [-0.15, -0.1) is 0 Å². The molecule has 90 valence electrons. The van der Waals surface area contributed by atoms with Gasteiger partial charge in [-0.1, -0.05) is 6.92 Å². The maximum absolute atomic E-state index is 5.71. The van der Waals surface area contributed by atoms with Crippen molar-refractivity contribution in [3.8, 4) is 0 Å². The molecule has 2 heterocycles. The van der Waals surface area contributed by atoms with E-state index in [0.29, 0.717) is 5.92 Å². The molecule has 1 saturated heterocycles. The van der Waals surface area contributed by atoms with Crippen LogP contribution in [-0.2, 0) is 6.54 Å². The first-order valence-corrected chi connectivity index (χ1v) is 7.08. The van der Waals surface area contributed by atoms with Gasteiger partial charge in [0.15, 0.2) is 0 Å². The Morgan fingerprint density at radius 2 is 2.62 bits per heavy atom. The van der Waals surface area contributed by atoms with Gasteiger partial charge in [-0.25, -0.2) is 0 Å². The first-order valence-electron chi connectivity index (χ1n) is 5.92. The van der Waals surface area contributed by atoms with Crippen molar-refractivity contribution in [3.63, 3.8) is 0 Å². The van der Waals surface area contributed by atoms with E-state index < -0.39 is 0 Å². The largest absolute Gasteiger partial charge is 0.271 e. The number of aromatic nitrogens is 2. The molecule has 1 fully saturated rings. The first-order chi connectivity index (χ1) is 7.86. The molecule has 1 aromatic rings. The highest BCUT2D eigenvalue weighted by atomic mass is 32.2. The average molecular weight is 240 g/mol. The minimum absolute atomic E-state index is 0.254. The number of nitrogens with one attached hydrogen (secondary N) is 1. The van der Waals surface area contributed by atoms with E-state index in [0.717, 1.165) is 13.0 Å². The van der Waals surface area contributed by atoms with Crippen LogP contribution in [0.4, 0.5) is 0 Å². The summed E-state index contributed by atoms with van der Waals surface area (Å²) < 4.78 is 2.08. The van der Waals surface area contributed by atoms with Crippen LogP contribution in [0.1, 0.15) is 31.5 Å². The predicted octanol–water partition coefficient (Wildman–Crippen LogP) is 1.55. The maximum Gasteiger partial charge on any atom is 0.0665 e. The second-order valence-corrected chi connectivity index (χ2v) is 5.40. The van der Waals surface area contributed by atoms with Crippen molar-refractivity contribution < 1.29 is 0 Å². The highest BCUT2D eigenvalue weighted by molar-refractivity contribution is 7.99. The van der Waals surface area contributed by atoms with E-state index in [1.807, 2.05) is 18.0 Å². The zero-order chi connectivity index (χ0) is 11.4. The van der Waals surface area contributed by atoms with E-state index in [1.165, 1.54) is 23.6 Å². The van der Waals surface area contributed by atoms with Gasteiger partial charge in [-0.2, -0.15) is 16.9 Å². The standard InChI is InChI=1S/C11H20N4S/c1-2-6-15-10(3-5-13-15)11(14-12)9-4-7-16-8-9/h3,5,9,11,14H,2,4,6-8,12H2,1H3. The maximum atomic E-state index is 5.71. The lowest BCUT2D eigenvalue weighted by Crippen LogP contribution is -2.35. The van der Waals surface area contributed by atoms with Crippen LogP contribution in [0, 0.1) is 5.92 Å². The SMILES string of the molecule is CCCn1nccc1C(NN)C1CCSC1. The number of rotatable bonds is 5. The molecule has 0 spiro atoms. The molecule has 1 aliphatic heterocycles. The van der Waals surface area contributed by atoms with Crippen molar-refractivity contribution in [1.82, 2.24) is 15.2 Å². The van der Waals surface area contributed by atoms with E-state index in [2.05, 4.69) is 28.2 Å². The third-order valence-electron chi connectivity index (χ3n) is 3.12. The zero-order valence-electron chi connectivity index (χ0n) is 9.72. The van der Waals surface area contributed by atoms with Crippen LogP contribution < -0.4 is 11.3 Å². The topological polar surface area (TPSA) is 55.9 Å². The minimum atomic E-state index is 0.254. The minimum Gasteiger partial charge on any atom is -0.271 e. The molecule has 2 rings (SSSR count). The first kappa shape index (κ1) is 12.0. The van der Waals surface area contributed by atoms with Crippen molar-refractivity contribution in [3.05, 3.63) is 18.0 Å². The zero-order valence-corrected chi connectivity index (χ0v) is 10.5. The summed E-state index contributed by atoms with van der Waals surface area (Å²) in [6, 6.07) is 2.34. The van der Waals surface area contributed by atoms with E-state index in [-0.39, 0.29) is 6.04 Å². The van der Waals surface area contributed by atoms with E-state index in [4.69, 9.17) is 5.84 Å². The Balaban J connectivity index is 2.15. The second kappa shape index (κ2) is 5.70. The number of hydrogen-bond donors (Lipinski definition) is 2. The fourth-order valence-corrected chi connectivity index (χ4v) is 3.58. The number of nitrogens with two attached hydrogens (primary N) is 1. The van der Waals surface area contributed by atoms with Crippen LogP contribution in [0.3, 0.4) is 0 Å². The molecule has 0 aliphatic carbocycles. The molecule has 2 atom stereocenters. The fourth-order valence-electron chi connectivity index (χ4n) is 2.28. The quantitative estimate of drug-likeness (QED) is 0.605. The summed E-state index contributed by atoms with van der Waals surface area (Å²) >= 11 is 2.02. The molecule has 3 N–H and O–H groups in total. The Labute approximate surface area is 101 Å². The fraction of sp³-hybridized carbons (Fsp3) is 0.727. The molecular weight excluding hydrogens is 220 g/mol. The number of thioether (sulfide) groups is 1. The Hall–Kier alpha value is -0.520. The normalized spacial score (nSPS) is 22.5. The van der Waals surface area contributed by atoms with Gasteiger partial charge in [0.1, 0.15) is 0 Å². The van der Waals surface area contributed by atoms with Crippen molar-refractivity contribution >= 4 is 11.8 Å². The number of aryl methyl sites for hydroxylation is 1. The van der Waals surface area contributed by atoms with E-state index in [9.17, 15) is 0 Å². The lowest BCUT2D eigenvalue weighted by Gasteiger charge is -2.23. The summed E-state index contributed by atoms with van der Waals surface area (Å²) in [5.74, 6) is 8.80. The molecule has 1 aromatic heterocycles. The summed E-state index contributed by atoms with van der Waals surface area (Å²) in [6.45, 7) is 3.14. The van der Waals surface area contributed by atoms with E-state index in [1.54, 1.807) is 0 Å². The molecule has 2 unspecified atom stereocenters. The van der Waals surface area contributed by atoms with Crippen LogP contribution in [0.15, 0.2) is 12.3 Å². The summed E-state index contributed by atoms with van der Waals surface area (Å²) in [5.41, 5.74) is 4.20. The molecule has 1 aliphatic rings. The Morgan fingerprint density at radius 1 is 1.75 bits per heavy atom. The summed E-state index contributed by atoms with van der Waals surface area (Å²) in [7, 11) is 0. The molecular formula is C11H20N4S. The van der Waals surface area contributed by atoms with Gasteiger partial charge in [0, 0.05) is 12.7 Å². The molecule has 0 aromatic carbocycles. The molecule has 0 saturated carbocycles. The smallest absolute Gasteiger partial charge is 0.0665 e. The van der Waals surface area contributed by atoms with Gasteiger partial charge >= 0.3 is 0 Å². The predicted molar refractivity (Wildman–Crippen MR) is 68.0 cm³/mol. The van der Waals surface area contributed by atoms with Crippen LogP contribution in [0.25, 0.3) is 0 Å². The number of hydrazine groups is 1. The second-order valence-electron chi connectivity index (χ2n) is 4.25. The third kappa shape index (κ3) is 2.42. The lowest BCUT2D eigenvalue weighted by molar-refractivity contribution is 0.371. The monoisotopic (exact) mass is 240 g/mol.